The van der Waals surface area contributed by atoms with Gasteiger partial charge in [-0.2, -0.15) is 0 Å². The lowest BCUT2D eigenvalue weighted by Crippen LogP contribution is -2.42. The molecule has 1 heterocycles. The molecule has 1 amide bonds. The summed E-state index contributed by atoms with van der Waals surface area (Å²) in [5, 5.41) is 2.89. The van der Waals surface area contributed by atoms with Crippen molar-refractivity contribution in [2.45, 2.75) is 32.2 Å². The Hall–Kier alpha value is -1.55. The predicted molar refractivity (Wildman–Crippen MR) is 74.4 cm³/mol. The molecule has 4 nitrogen and oxygen atoms in total. The molecule has 18 heavy (non-hydrogen) atoms. The van der Waals surface area contributed by atoms with Crippen molar-refractivity contribution in [3.8, 4) is 0 Å². The number of nitrogens with zero attached hydrogens (tertiary/aromatic N) is 1. The molecule has 0 radical (unpaired) electrons. The lowest BCUT2D eigenvalue weighted by atomic mass is 10.0. The number of hydrogen-bond acceptors (Lipinski definition) is 3. The first kappa shape index (κ1) is 12.9. The molecule has 3 N–H and O–H groups in total. The fourth-order valence-corrected chi connectivity index (χ4v) is 2.39. The lowest BCUT2D eigenvalue weighted by Gasteiger charge is -2.32. The van der Waals surface area contributed by atoms with E-state index in [0.717, 1.165) is 12.2 Å². The van der Waals surface area contributed by atoms with Gasteiger partial charge in [0.2, 0.25) is 5.91 Å². The van der Waals surface area contributed by atoms with E-state index in [2.05, 4.69) is 17.1 Å². The quantitative estimate of drug-likeness (QED) is 0.804. The van der Waals surface area contributed by atoms with Gasteiger partial charge in [-0.25, -0.2) is 0 Å². The maximum absolute atomic E-state index is 11.9. The van der Waals surface area contributed by atoms with Crippen LogP contribution in [-0.4, -0.2) is 29.9 Å². The summed E-state index contributed by atoms with van der Waals surface area (Å²) in [6, 6.07) is 7.78. The summed E-state index contributed by atoms with van der Waals surface area (Å²) < 4.78 is 0. The first-order valence-electron chi connectivity index (χ1n) is 6.54. The molecule has 0 aromatic heterocycles. The first-order chi connectivity index (χ1) is 8.65. The number of nitrogens with one attached hydrogen (secondary N) is 1. The Balaban J connectivity index is 1.88. The zero-order valence-corrected chi connectivity index (χ0v) is 10.9. The third-order valence-corrected chi connectivity index (χ3v) is 3.46. The number of carbonyl (C=O) groups excluding carboxylic acids is 1. The molecular formula is C14H21N3O. The average Bonchev–Trinajstić information content (AvgIpc) is 2.32. The summed E-state index contributed by atoms with van der Waals surface area (Å²) in [6.45, 7) is 3.68. The molecule has 0 spiro atoms. The number of nitrogen functional groups attached to an aromatic ring is 1. The van der Waals surface area contributed by atoms with Crippen LogP contribution in [0.5, 0.6) is 0 Å². The molecule has 0 bridgehead atoms. The van der Waals surface area contributed by atoms with E-state index in [-0.39, 0.29) is 5.91 Å². The topological polar surface area (TPSA) is 58.4 Å². The highest BCUT2D eigenvalue weighted by Gasteiger charge is 2.20. The second kappa shape index (κ2) is 5.87. The van der Waals surface area contributed by atoms with Gasteiger partial charge in [-0.05, 0) is 44.5 Å². The highest BCUT2D eigenvalue weighted by molar-refractivity contribution is 5.92. The van der Waals surface area contributed by atoms with Crippen LogP contribution in [0.15, 0.2) is 24.3 Å². The van der Waals surface area contributed by atoms with E-state index in [1.807, 2.05) is 18.2 Å². The van der Waals surface area contributed by atoms with Crippen LogP contribution >= 0.6 is 0 Å². The van der Waals surface area contributed by atoms with Crippen molar-refractivity contribution in [2.75, 3.05) is 24.1 Å². The van der Waals surface area contributed by atoms with Gasteiger partial charge in [0, 0.05) is 17.4 Å². The van der Waals surface area contributed by atoms with Gasteiger partial charge in [0.25, 0.3) is 0 Å². The van der Waals surface area contributed by atoms with E-state index in [1.165, 1.54) is 19.3 Å². The maximum atomic E-state index is 11.9. The number of carbonyl (C=O) groups is 1. The number of rotatable bonds is 3. The van der Waals surface area contributed by atoms with E-state index in [9.17, 15) is 4.79 Å². The Labute approximate surface area is 108 Å². The lowest BCUT2D eigenvalue weighted by molar-refractivity contribution is -0.118. The van der Waals surface area contributed by atoms with Crippen LogP contribution in [0.3, 0.4) is 0 Å². The summed E-state index contributed by atoms with van der Waals surface area (Å²) in [5.41, 5.74) is 7.11. The summed E-state index contributed by atoms with van der Waals surface area (Å²) in [5.74, 6) is 0.0364. The summed E-state index contributed by atoms with van der Waals surface area (Å²) in [7, 11) is 0. The van der Waals surface area contributed by atoms with E-state index in [0.29, 0.717) is 18.3 Å². The second-order valence-electron chi connectivity index (χ2n) is 4.99. The van der Waals surface area contributed by atoms with Gasteiger partial charge >= 0.3 is 0 Å². The van der Waals surface area contributed by atoms with E-state index in [1.54, 1.807) is 6.07 Å². The number of hydrogen-bond donors (Lipinski definition) is 2. The fraction of sp³-hybridized carbons (Fsp3) is 0.500. The summed E-state index contributed by atoms with van der Waals surface area (Å²) in [6.07, 6.45) is 3.65. The molecule has 0 unspecified atom stereocenters. The summed E-state index contributed by atoms with van der Waals surface area (Å²) in [4.78, 5) is 14.2. The number of piperidine rings is 1. The van der Waals surface area contributed by atoms with Crippen LogP contribution in [0, 0.1) is 0 Å². The van der Waals surface area contributed by atoms with Crippen LogP contribution in [0.1, 0.15) is 26.2 Å². The molecule has 1 aliphatic heterocycles. The van der Waals surface area contributed by atoms with Gasteiger partial charge in [-0.1, -0.05) is 12.5 Å². The number of anilines is 2. The first-order valence-corrected chi connectivity index (χ1v) is 6.54. The van der Waals surface area contributed by atoms with Crippen molar-refractivity contribution in [1.29, 1.82) is 0 Å². The largest absolute Gasteiger partial charge is 0.399 e. The number of benzene rings is 1. The normalized spacial score (nSPS) is 20.6. The molecule has 1 atom stereocenters. The number of amides is 1. The zero-order chi connectivity index (χ0) is 13.0. The zero-order valence-electron chi connectivity index (χ0n) is 10.9. The van der Waals surface area contributed by atoms with E-state index < -0.39 is 0 Å². The van der Waals surface area contributed by atoms with Crippen molar-refractivity contribution in [1.82, 2.24) is 4.90 Å². The molecule has 1 aromatic rings. The minimum absolute atomic E-state index is 0.0364. The average molecular weight is 247 g/mol. The van der Waals surface area contributed by atoms with Gasteiger partial charge in [-0.15, -0.1) is 0 Å². The molecule has 0 aliphatic carbocycles. The highest BCUT2D eigenvalue weighted by Crippen LogP contribution is 2.16. The van der Waals surface area contributed by atoms with Crippen LogP contribution < -0.4 is 11.1 Å². The maximum Gasteiger partial charge on any atom is 0.238 e. The van der Waals surface area contributed by atoms with Crippen molar-refractivity contribution >= 4 is 17.3 Å². The minimum atomic E-state index is 0.0364. The Morgan fingerprint density at radius 2 is 2.33 bits per heavy atom. The molecule has 0 saturated carbocycles. The van der Waals surface area contributed by atoms with Crippen LogP contribution in [0.2, 0.25) is 0 Å². The fourth-order valence-electron chi connectivity index (χ4n) is 2.39. The van der Waals surface area contributed by atoms with Crippen molar-refractivity contribution < 1.29 is 4.79 Å². The highest BCUT2D eigenvalue weighted by atomic mass is 16.2. The second-order valence-corrected chi connectivity index (χ2v) is 4.99. The molecule has 98 valence electrons. The third-order valence-electron chi connectivity index (χ3n) is 3.46. The molecule has 4 heteroatoms. The number of likely N-dealkylation sites (tertiary alicyclic amines) is 1. The standard InChI is InChI=1S/C14H21N3O/c1-11-5-2-3-8-17(11)10-14(18)16-13-7-4-6-12(15)9-13/h4,6-7,9,11H,2-3,5,8,10,15H2,1H3,(H,16,18)/t11-/m0/s1. The van der Waals surface area contributed by atoms with Crippen LogP contribution in [-0.2, 0) is 4.79 Å². The van der Waals surface area contributed by atoms with E-state index >= 15 is 0 Å². The van der Waals surface area contributed by atoms with Crippen molar-refractivity contribution in [3.05, 3.63) is 24.3 Å². The molecular weight excluding hydrogens is 226 g/mol. The van der Waals surface area contributed by atoms with E-state index in [4.69, 9.17) is 5.73 Å². The number of nitrogens with two attached hydrogens (primary N) is 1. The Kier molecular flexibility index (Phi) is 4.20. The van der Waals surface area contributed by atoms with Gasteiger partial charge in [0.1, 0.15) is 0 Å². The third kappa shape index (κ3) is 3.47. The van der Waals surface area contributed by atoms with Gasteiger partial charge in [-0.3, -0.25) is 9.69 Å². The Morgan fingerprint density at radius 3 is 3.06 bits per heavy atom. The smallest absolute Gasteiger partial charge is 0.238 e. The molecule has 1 saturated heterocycles. The summed E-state index contributed by atoms with van der Waals surface area (Å²) >= 11 is 0. The van der Waals surface area contributed by atoms with Crippen molar-refractivity contribution in [3.63, 3.8) is 0 Å². The van der Waals surface area contributed by atoms with Gasteiger partial charge < -0.3 is 11.1 Å². The van der Waals surface area contributed by atoms with Crippen LogP contribution in [0.25, 0.3) is 0 Å². The molecule has 1 aromatic carbocycles. The van der Waals surface area contributed by atoms with Crippen LogP contribution in [0.4, 0.5) is 11.4 Å². The monoisotopic (exact) mass is 247 g/mol. The predicted octanol–water partition coefficient (Wildman–Crippen LogP) is 2.08. The molecule has 1 aliphatic rings. The molecule has 2 rings (SSSR count). The van der Waals surface area contributed by atoms with Gasteiger partial charge in [0.05, 0.1) is 6.54 Å². The van der Waals surface area contributed by atoms with Gasteiger partial charge in [0.15, 0.2) is 0 Å². The minimum Gasteiger partial charge on any atom is -0.399 e. The molecule has 1 fully saturated rings. The van der Waals surface area contributed by atoms with Crippen molar-refractivity contribution in [2.24, 2.45) is 0 Å². The Bertz CT molecular complexity index is 419. The Morgan fingerprint density at radius 1 is 1.50 bits per heavy atom. The SMILES string of the molecule is C[C@H]1CCCCN1CC(=O)Nc1cccc(N)c1.